The summed E-state index contributed by atoms with van der Waals surface area (Å²) in [4.78, 5) is 14.7. The molecule has 30 heavy (non-hydrogen) atoms. The van der Waals surface area contributed by atoms with Gasteiger partial charge in [-0.25, -0.2) is 0 Å². The number of halogens is 3. The normalized spacial score (nSPS) is 17.6. The molecule has 1 atom stereocenters. The highest BCUT2D eigenvalue weighted by molar-refractivity contribution is 5.94. The second-order valence-electron chi connectivity index (χ2n) is 7.06. The summed E-state index contributed by atoms with van der Waals surface area (Å²) < 4.78 is 54.4. The van der Waals surface area contributed by atoms with E-state index in [2.05, 4.69) is 10.2 Å². The van der Waals surface area contributed by atoms with E-state index in [9.17, 15) is 18.0 Å². The largest absolute Gasteiger partial charge is 0.454 e. The fourth-order valence-corrected chi connectivity index (χ4v) is 3.57. The highest BCUT2D eigenvalue weighted by atomic mass is 19.4. The van der Waals surface area contributed by atoms with Crippen molar-refractivity contribution in [3.8, 4) is 11.5 Å². The Bertz CT molecular complexity index is 896. The fraction of sp³-hybridized carbons (Fsp3) is 0.381. The third-order valence-corrected chi connectivity index (χ3v) is 5.20. The van der Waals surface area contributed by atoms with Gasteiger partial charge in [0.15, 0.2) is 11.5 Å². The molecule has 9 heteroatoms. The van der Waals surface area contributed by atoms with E-state index in [1.54, 1.807) is 0 Å². The molecule has 0 bridgehead atoms. The second-order valence-corrected chi connectivity index (χ2v) is 7.06. The van der Waals surface area contributed by atoms with Crippen molar-refractivity contribution < 1.29 is 32.2 Å². The number of benzene rings is 2. The lowest BCUT2D eigenvalue weighted by Crippen LogP contribution is -2.43. The molecule has 2 aliphatic rings. The Kier molecular flexibility index (Phi) is 5.83. The summed E-state index contributed by atoms with van der Waals surface area (Å²) in [6, 6.07) is 9.71. The summed E-state index contributed by atoms with van der Waals surface area (Å²) in [5.74, 6) is 0.899. The van der Waals surface area contributed by atoms with Gasteiger partial charge in [-0.15, -0.1) is 0 Å². The molecular formula is C21H21F3N2O4. The summed E-state index contributed by atoms with van der Waals surface area (Å²) in [6.45, 7) is 3.05. The Hall–Kier alpha value is -2.78. The SMILES string of the molecule is O=C(NCC(c1ccc2c(c1)OCO2)N1CCOCC1)c1ccc(C(F)(F)F)cc1. The molecule has 2 aliphatic heterocycles. The van der Waals surface area contributed by atoms with Crippen LogP contribution in [0.25, 0.3) is 0 Å². The molecule has 0 aliphatic carbocycles. The molecule has 6 nitrogen and oxygen atoms in total. The Morgan fingerprint density at radius 1 is 1.03 bits per heavy atom. The van der Waals surface area contributed by atoms with Gasteiger partial charge in [0.1, 0.15) is 0 Å². The summed E-state index contributed by atoms with van der Waals surface area (Å²) in [5, 5.41) is 2.85. The van der Waals surface area contributed by atoms with E-state index < -0.39 is 17.6 Å². The zero-order valence-corrected chi connectivity index (χ0v) is 16.1. The molecule has 1 N–H and O–H groups in total. The lowest BCUT2D eigenvalue weighted by Gasteiger charge is -2.35. The number of ether oxygens (including phenoxy) is 3. The van der Waals surface area contributed by atoms with Gasteiger partial charge in [0, 0.05) is 25.2 Å². The van der Waals surface area contributed by atoms with E-state index in [1.807, 2.05) is 18.2 Å². The minimum absolute atomic E-state index is 0.137. The average Bonchev–Trinajstić information content (AvgIpc) is 3.22. The van der Waals surface area contributed by atoms with Crippen molar-refractivity contribution in [1.82, 2.24) is 10.2 Å². The molecule has 0 spiro atoms. The molecule has 1 unspecified atom stereocenters. The second kappa shape index (κ2) is 8.53. The first-order valence-corrected chi connectivity index (χ1v) is 9.58. The van der Waals surface area contributed by atoms with Crippen LogP contribution < -0.4 is 14.8 Å². The van der Waals surface area contributed by atoms with E-state index in [-0.39, 0.29) is 18.4 Å². The van der Waals surface area contributed by atoms with Crippen LogP contribution in [-0.2, 0) is 10.9 Å². The minimum Gasteiger partial charge on any atom is -0.454 e. The highest BCUT2D eigenvalue weighted by Crippen LogP contribution is 2.35. The van der Waals surface area contributed by atoms with Gasteiger partial charge in [-0.05, 0) is 42.0 Å². The quantitative estimate of drug-likeness (QED) is 0.802. The van der Waals surface area contributed by atoms with Crippen molar-refractivity contribution in [2.45, 2.75) is 12.2 Å². The van der Waals surface area contributed by atoms with E-state index in [0.29, 0.717) is 44.3 Å². The van der Waals surface area contributed by atoms with Crippen LogP contribution in [0.5, 0.6) is 11.5 Å². The van der Waals surface area contributed by atoms with Gasteiger partial charge in [0.2, 0.25) is 6.79 Å². The van der Waals surface area contributed by atoms with Crippen molar-refractivity contribution in [3.05, 3.63) is 59.2 Å². The van der Waals surface area contributed by atoms with Crippen LogP contribution in [0, 0.1) is 0 Å². The van der Waals surface area contributed by atoms with Gasteiger partial charge < -0.3 is 19.5 Å². The topological polar surface area (TPSA) is 60.0 Å². The molecule has 2 aromatic carbocycles. The highest BCUT2D eigenvalue weighted by Gasteiger charge is 2.30. The first kappa shape index (κ1) is 20.5. The number of hydrogen-bond acceptors (Lipinski definition) is 5. The van der Waals surface area contributed by atoms with Crippen LogP contribution in [0.4, 0.5) is 13.2 Å². The molecule has 160 valence electrons. The van der Waals surface area contributed by atoms with Crippen molar-refractivity contribution >= 4 is 5.91 Å². The lowest BCUT2D eigenvalue weighted by molar-refractivity contribution is -0.137. The average molecular weight is 422 g/mol. The summed E-state index contributed by atoms with van der Waals surface area (Å²) in [7, 11) is 0. The summed E-state index contributed by atoms with van der Waals surface area (Å²) in [5.41, 5.74) is 0.342. The Morgan fingerprint density at radius 3 is 2.43 bits per heavy atom. The van der Waals surface area contributed by atoms with E-state index in [1.165, 1.54) is 12.1 Å². The Balaban J connectivity index is 1.48. The van der Waals surface area contributed by atoms with Crippen molar-refractivity contribution in [2.24, 2.45) is 0 Å². The van der Waals surface area contributed by atoms with E-state index in [0.717, 1.165) is 17.7 Å². The zero-order chi connectivity index (χ0) is 21.1. The van der Waals surface area contributed by atoms with Gasteiger partial charge >= 0.3 is 6.18 Å². The standard InChI is InChI=1S/C21H21F3N2O4/c22-21(23,24)16-4-1-14(2-5-16)20(27)25-12-17(26-7-9-28-10-8-26)15-3-6-18-19(11-15)30-13-29-18/h1-6,11,17H,7-10,12-13H2,(H,25,27). The minimum atomic E-state index is -4.43. The Labute approximate surface area is 171 Å². The third-order valence-electron chi connectivity index (χ3n) is 5.20. The van der Waals surface area contributed by atoms with E-state index in [4.69, 9.17) is 14.2 Å². The molecule has 2 heterocycles. The van der Waals surface area contributed by atoms with Gasteiger partial charge in [-0.3, -0.25) is 9.69 Å². The van der Waals surface area contributed by atoms with Crippen LogP contribution in [0.1, 0.15) is 27.5 Å². The monoisotopic (exact) mass is 422 g/mol. The van der Waals surface area contributed by atoms with Crippen LogP contribution in [0.15, 0.2) is 42.5 Å². The number of rotatable bonds is 5. The fourth-order valence-electron chi connectivity index (χ4n) is 3.57. The predicted molar refractivity (Wildman–Crippen MR) is 101 cm³/mol. The number of alkyl halides is 3. The number of carbonyl (C=O) groups excluding carboxylic acids is 1. The number of fused-ring (bicyclic) bond motifs is 1. The number of morpholine rings is 1. The van der Waals surface area contributed by atoms with Crippen molar-refractivity contribution in [2.75, 3.05) is 39.6 Å². The number of carbonyl (C=O) groups is 1. The van der Waals surface area contributed by atoms with Gasteiger partial charge in [0.25, 0.3) is 5.91 Å². The smallest absolute Gasteiger partial charge is 0.416 e. The van der Waals surface area contributed by atoms with Crippen LogP contribution in [0.3, 0.4) is 0 Å². The molecule has 0 radical (unpaired) electrons. The zero-order valence-electron chi connectivity index (χ0n) is 16.1. The van der Waals surface area contributed by atoms with Gasteiger partial charge in [0.05, 0.1) is 24.8 Å². The molecule has 0 aromatic heterocycles. The van der Waals surface area contributed by atoms with Crippen molar-refractivity contribution in [1.29, 1.82) is 0 Å². The first-order valence-electron chi connectivity index (χ1n) is 9.58. The summed E-state index contributed by atoms with van der Waals surface area (Å²) >= 11 is 0. The number of hydrogen-bond donors (Lipinski definition) is 1. The molecule has 1 saturated heterocycles. The number of amides is 1. The number of nitrogens with one attached hydrogen (secondary N) is 1. The van der Waals surface area contributed by atoms with Crippen LogP contribution in [-0.4, -0.2) is 50.4 Å². The molecule has 4 rings (SSSR count). The molecule has 0 saturated carbocycles. The van der Waals surface area contributed by atoms with E-state index >= 15 is 0 Å². The maximum absolute atomic E-state index is 12.7. The van der Waals surface area contributed by atoms with Crippen molar-refractivity contribution in [3.63, 3.8) is 0 Å². The van der Waals surface area contributed by atoms with Gasteiger partial charge in [-0.2, -0.15) is 13.2 Å². The lowest BCUT2D eigenvalue weighted by atomic mass is 10.0. The maximum Gasteiger partial charge on any atom is 0.416 e. The van der Waals surface area contributed by atoms with Crippen LogP contribution in [0.2, 0.25) is 0 Å². The molecular weight excluding hydrogens is 401 g/mol. The van der Waals surface area contributed by atoms with Crippen LogP contribution >= 0.6 is 0 Å². The third kappa shape index (κ3) is 4.52. The first-order chi connectivity index (χ1) is 14.4. The summed E-state index contributed by atoms with van der Waals surface area (Å²) in [6.07, 6.45) is -4.43. The molecule has 1 fully saturated rings. The number of nitrogens with zero attached hydrogens (tertiary/aromatic N) is 1. The van der Waals surface area contributed by atoms with Gasteiger partial charge in [-0.1, -0.05) is 6.07 Å². The molecule has 1 amide bonds. The molecule has 2 aromatic rings. The Morgan fingerprint density at radius 2 is 1.73 bits per heavy atom. The predicted octanol–water partition coefficient (Wildman–Crippen LogP) is 3.24. The maximum atomic E-state index is 12.7.